The number of hydrogen-bond donors (Lipinski definition) is 0. The van der Waals surface area contributed by atoms with Gasteiger partial charge in [0.15, 0.2) is 0 Å². The van der Waals surface area contributed by atoms with E-state index >= 15 is 0 Å². The van der Waals surface area contributed by atoms with Crippen molar-refractivity contribution in [3.05, 3.63) is 51.8 Å². The minimum Gasteiger partial charge on any atom is -0.373 e. The summed E-state index contributed by atoms with van der Waals surface area (Å²) in [4.78, 5) is 14.4. The van der Waals surface area contributed by atoms with Crippen molar-refractivity contribution in [1.82, 2.24) is 14.7 Å². The molecule has 1 aliphatic rings. The van der Waals surface area contributed by atoms with Crippen LogP contribution in [0.2, 0.25) is 10.0 Å². The molecule has 0 aliphatic carbocycles. The molecule has 1 amide bonds. The van der Waals surface area contributed by atoms with E-state index < -0.39 is 0 Å². The van der Waals surface area contributed by atoms with E-state index in [4.69, 9.17) is 27.9 Å². The zero-order valence-corrected chi connectivity index (χ0v) is 16.3. The maximum atomic E-state index is 12.5. The van der Waals surface area contributed by atoms with E-state index in [1.54, 1.807) is 6.07 Å². The molecule has 2 aromatic rings. The molecule has 3 rings (SSSR count). The van der Waals surface area contributed by atoms with E-state index in [0.29, 0.717) is 42.7 Å². The first-order valence-electron chi connectivity index (χ1n) is 8.83. The third-order valence-corrected chi connectivity index (χ3v) is 5.22. The fourth-order valence-corrected chi connectivity index (χ4v) is 3.45. The maximum absolute atomic E-state index is 12.5. The smallest absolute Gasteiger partial charge is 0.222 e. The standard InChI is InChI=1S/C19H23Cl2N3O2/c1-14-10-22-24(11-14)13-16-12-23(7-8-26-16)19(25)4-2-3-15-5-6-17(20)18(21)9-15/h5-6,9-11,16H,2-4,7-8,12-13H2,1H3. The lowest BCUT2D eigenvalue weighted by atomic mass is 10.1. The Morgan fingerprint density at radius 2 is 2.19 bits per heavy atom. The number of morpholine rings is 1. The second kappa shape index (κ2) is 8.89. The van der Waals surface area contributed by atoms with Crippen LogP contribution in [0.1, 0.15) is 24.0 Å². The molecular formula is C19H23Cl2N3O2. The molecule has 1 aromatic heterocycles. The molecule has 1 fully saturated rings. The van der Waals surface area contributed by atoms with E-state index in [1.807, 2.05) is 41.0 Å². The molecule has 140 valence electrons. The van der Waals surface area contributed by atoms with E-state index in [2.05, 4.69) is 5.10 Å². The molecule has 1 saturated heterocycles. The Morgan fingerprint density at radius 3 is 2.92 bits per heavy atom. The van der Waals surface area contributed by atoms with Crippen molar-refractivity contribution in [2.75, 3.05) is 19.7 Å². The molecule has 0 bridgehead atoms. The summed E-state index contributed by atoms with van der Waals surface area (Å²) in [6.45, 7) is 4.52. The van der Waals surface area contributed by atoms with Gasteiger partial charge in [-0.05, 0) is 43.0 Å². The average Bonchev–Trinajstić information content (AvgIpc) is 3.03. The molecule has 1 aromatic carbocycles. The van der Waals surface area contributed by atoms with Crippen LogP contribution in [-0.4, -0.2) is 46.4 Å². The molecule has 0 spiro atoms. The third-order valence-electron chi connectivity index (χ3n) is 4.48. The molecule has 5 nitrogen and oxygen atoms in total. The molecule has 0 radical (unpaired) electrons. The van der Waals surface area contributed by atoms with Gasteiger partial charge in [0.2, 0.25) is 5.91 Å². The minimum absolute atomic E-state index is 0.0120. The second-order valence-electron chi connectivity index (χ2n) is 6.67. The Labute approximate surface area is 163 Å². The quantitative estimate of drug-likeness (QED) is 0.747. The number of hydrogen-bond acceptors (Lipinski definition) is 3. The van der Waals surface area contributed by atoms with Gasteiger partial charge in [-0.3, -0.25) is 9.48 Å². The number of aromatic nitrogens is 2. The van der Waals surface area contributed by atoms with Crippen molar-refractivity contribution in [3.8, 4) is 0 Å². The largest absolute Gasteiger partial charge is 0.373 e. The number of amides is 1. The summed E-state index contributed by atoms with van der Waals surface area (Å²) in [6.07, 6.45) is 5.92. The number of nitrogens with zero attached hydrogens (tertiary/aromatic N) is 3. The molecule has 2 heterocycles. The molecular weight excluding hydrogens is 373 g/mol. The Bertz CT molecular complexity index is 763. The van der Waals surface area contributed by atoms with E-state index in [9.17, 15) is 4.79 Å². The molecule has 7 heteroatoms. The van der Waals surface area contributed by atoms with Gasteiger partial charge >= 0.3 is 0 Å². The van der Waals surface area contributed by atoms with Crippen molar-refractivity contribution in [2.24, 2.45) is 0 Å². The van der Waals surface area contributed by atoms with E-state index in [1.165, 1.54) is 0 Å². The SMILES string of the molecule is Cc1cnn(CC2CN(C(=O)CCCc3ccc(Cl)c(Cl)c3)CCO2)c1. The van der Waals surface area contributed by atoms with Crippen molar-refractivity contribution < 1.29 is 9.53 Å². The van der Waals surface area contributed by atoms with E-state index in [0.717, 1.165) is 24.0 Å². The zero-order chi connectivity index (χ0) is 18.5. The number of halogens is 2. The third kappa shape index (κ3) is 5.22. The monoisotopic (exact) mass is 395 g/mol. The summed E-state index contributed by atoms with van der Waals surface area (Å²) in [5.41, 5.74) is 2.22. The molecule has 1 atom stereocenters. The van der Waals surface area contributed by atoms with Crippen LogP contribution < -0.4 is 0 Å². The van der Waals surface area contributed by atoms with Crippen LogP contribution in [-0.2, 0) is 22.5 Å². The predicted octanol–water partition coefficient (Wildman–Crippen LogP) is 3.75. The summed E-state index contributed by atoms with van der Waals surface area (Å²) in [7, 11) is 0. The Kier molecular flexibility index (Phi) is 6.57. The van der Waals surface area contributed by atoms with Crippen LogP contribution in [0, 0.1) is 6.92 Å². The van der Waals surface area contributed by atoms with Gasteiger partial charge in [-0.1, -0.05) is 29.3 Å². The highest BCUT2D eigenvalue weighted by Gasteiger charge is 2.24. The number of ether oxygens (including phenoxy) is 1. The van der Waals surface area contributed by atoms with Gasteiger partial charge in [-0.25, -0.2) is 0 Å². The van der Waals surface area contributed by atoms with Gasteiger partial charge in [0.25, 0.3) is 0 Å². The van der Waals surface area contributed by atoms with E-state index in [-0.39, 0.29) is 12.0 Å². The summed E-state index contributed by atoms with van der Waals surface area (Å²) in [6, 6.07) is 5.62. The summed E-state index contributed by atoms with van der Waals surface area (Å²) in [5.74, 6) is 0.176. The number of carbonyl (C=O) groups is 1. The fraction of sp³-hybridized carbons (Fsp3) is 0.474. The fourth-order valence-electron chi connectivity index (χ4n) is 3.13. The Hall–Kier alpha value is -1.56. The van der Waals surface area contributed by atoms with Gasteiger partial charge in [-0.2, -0.15) is 5.10 Å². The van der Waals surface area contributed by atoms with Crippen LogP contribution in [0.4, 0.5) is 0 Å². The summed E-state index contributed by atoms with van der Waals surface area (Å²) in [5, 5.41) is 5.40. The lowest BCUT2D eigenvalue weighted by Crippen LogP contribution is -2.47. The summed E-state index contributed by atoms with van der Waals surface area (Å²) >= 11 is 12.0. The van der Waals surface area contributed by atoms with Gasteiger partial charge in [0.1, 0.15) is 0 Å². The highest BCUT2D eigenvalue weighted by molar-refractivity contribution is 6.42. The van der Waals surface area contributed by atoms with Crippen LogP contribution in [0.25, 0.3) is 0 Å². The average molecular weight is 396 g/mol. The van der Waals surface area contributed by atoms with Gasteiger partial charge in [0, 0.05) is 25.7 Å². The lowest BCUT2D eigenvalue weighted by Gasteiger charge is -2.33. The van der Waals surface area contributed by atoms with Gasteiger partial charge in [-0.15, -0.1) is 0 Å². The van der Waals surface area contributed by atoms with Gasteiger partial charge in [0.05, 0.1) is 35.5 Å². The first-order chi connectivity index (χ1) is 12.5. The maximum Gasteiger partial charge on any atom is 0.222 e. The molecule has 1 aliphatic heterocycles. The van der Waals surface area contributed by atoms with Crippen LogP contribution in [0.3, 0.4) is 0 Å². The number of rotatable bonds is 6. The number of carbonyl (C=O) groups excluding carboxylic acids is 1. The first kappa shape index (κ1) is 19.2. The van der Waals surface area contributed by atoms with Crippen LogP contribution >= 0.6 is 23.2 Å². The highest BCUT2D eigenvalue weighted by Crippen LogP contribution is 2.23. The minimum atomic E-state index is -0.0120. The molecule has 1 unspecified atom stereocenters. The lowest BCUT2D eigenvalue weighted by molar-refractivity contribution is -0.139. The van der Waals surface area contributed by atoms with Crippen molar-refractivity contribution in [3.63, 3.8) is 0 Å². The van der Waals surface area contributed by atoms with Crippen molar-refractivity contribution >= 4 is 29.1 Å². The van der Waals surface area contributed by atoms with Crippen LogP contribution in [0.15, 0.2) is 30.6 Å². The molecule has 0 N–H and O–H groups in total. The topological polar surface area (TPSA) is 47.4 Å². The first-order valence-corrected chi connectivity index (χ1v) is 9.59. The zero-order valence-electron chi connectivity index (χ0n) is 14.8. The Morgan fingerprint density at radius 1 is 1.35 bits per heavy atom. The normalized spacial score (nSPS) is 17.5. The molecule has 0 saturated carbocycles. The van der Waals surface area contributed by atoms with Crippen molar-refractivity contribution in [2.45, 2.75) is 38.8 Å². The number of aryl methyl sites for hydroxylation is 2. The number of benzene rings is 1. The van der Waals surface area contributed by atoms with Gasteiger partial charge < -0.3 is 9.64 Å². The molecule has 26 heavy (non-hydrogen) atoms. The Balaban J connectivity index is 1.45. The predicted molar refractivity (Wildman–Crippen MR) is 103 cm³/mol. The summed E-state index contributed by atoms with van der Waals surface area (Å²) < 4.78 is 7.66. The van der Waals surface area contributed by atoms with Crippen LogP contribution in [0.5, 0.6) is 0 Å². The second-order valence-corrected chi connectivity index (χ2v) is 7.49. The van der Waals surface area contributed by atoms with Crippen molar-refractivity contribution in [1.29, 1.82) is 0 Å². The highest BCUT2D eigenvalue weighted by atomic mass is 35.5.